The van der Waals surface area contributed by atoms with E-state index in [1.54, 1.807) is 12.1 Å². The van der Waals surface area contributed by atoms with Gasteiger partial charge in [-0.1, -0.05) is 20.3 Å². The molecule has 0 aromatic carbocycles. The molecule has 1 aliphatic carbocycles. The monoisotopic (exact) mass is 276 g/mol. The number of anilines is 1. The van der Waals surface area contributed by atoms with Gasteiger partial charge in [-0.05, 0) is 43.2 Å². The lowest BCUT2D eigenvalue weighted by atomic mass is 10.1. The van der Waals surface area contributed by atoms with Gasteiger partial charge in [0.1, 0.15) is 5.82 Å². The zero-order valence-corrected chi connectivity index (χ0v) is 12.4. The maximum Gasteiger partial charge on any atom is 0.271 e. The largest absolute Gasteiger partial charge is 0.369 e. The van der Waals surface area contributed by atoms with E-state index in [-0.39, 0.29) is 5.91 Å². The Labute approximate surface area is 120 Å². The summed E-state index contributed by atoms with van der Waals surface area (Å²) in [5.41, 5.74) is 0.387. The van der Waals surface area contributed by atoms with Crippen LogP contribution in [0.25, 0.3) is 0 Å². The van der Waals surface area contributed by atoms with E-state index in [9.17, 15) is 4.79 Å². The number of nitrogens with zero attached hydrogens (tertiary/aromatic N) is 2. The van der Waals surface area contributed by atoms with Crippen molar-refractivity contribution in [3.8, 4) is 0 Å². The standard InChI is InChI=1S/C15H24N4O/c1-3-8-16-14-7-6-13(18-19-14)15(20)17-10-12-5-4-11(2)9-12/h6-7,11-12H,3-5,8-10H2,1-2H3,(H,16,19)(H,17,20). The molecule has 0 saturated heterocycles. The van der Waals surface area contributed by atoms with Gasteiger partial charge in [0.05, 0.1) is 0 Å². The molecule has 2 unspecified atom stereocenters. The molecule has 1 heterocycles. The second kappa shape index (κ2) is 7.22. The summed E-state index contributed by atoms with van der Waals surface area (Å²) in [6.07, 6.45) is 4.74. The fraction of sp³-hybridized carbons (Fsp3) is 0.667. The number of hydrogen-bond donors (Lipinski definition) is 2. The highest BCUT2D eigenvalue weighted by Gasteiger charge is 2.21. The van der Waals surface area contributed by atoms with Crippen LogP contribution in [0.3, 0.4) is 0 Å². The quantitative estimate of drug-likeness (QED) is 0.837. The SMILES string of the molecule is CCCNc1ccc(C(=O)NCC2CCC(C)C2)nn1. The van der Waals surface area contributed by atoms with Crippen molar-refractivity contribution in [2.75, 3.05) is 18.4 Å². The van der Waals surface area contributed by atoms with Crippen molar-refractivity contribution in [2.45, 2.75) is 39.5 Å². The lowest BCUT2D eigenvalue weighted by Gasteiger charge is -2.10. The number of carbonyl (C=O) groups is 1. The highest BCUT2D eigenvalue weighted by Crippen LogP contribution is 2.29. The molecule has 110 valence electrons. The summed E-state index contributed by atoms with van der Waals surface area (Å²) in [6.45, 7) is 5.97. The molecule has 1 aromatic heterocycles. The molecule has 2 atom stereocenters. The van der Waals surface area contributed by atoms with Crippen molar-refractivity contribution >= 4 is 11.7 Å². The van der Waals surface area contributed by atoms with E-state index in [0.717, 1.165) is 25.4 Å². The van der Waals surface area contributed by atoms with Gasteiger partial charge >= 0.3 is 0 Å². The maximum absolute atomic E-state index is 12.0. The minimum absolute atomic E-state index is 0.126. The molecule has 2 rings (SSSR count). The summed E-state index contributed by atoms with van der Waals surface area (Å²) in [5.74, 6) is 2.00. The summed E-state index contributed by atoms with van der Waals surface area (Å²) in [6, 6.07) is 3.52. The third-order valence-electron chi connectivity index (χ3n) is 3.81. The number of aromatic nitrogens is 2. The van der Waals surface area contributed by atoms with E-state index in [0.29, 0.717) is 17.4 Å². The molecule has 1 aromatic rings. The number of hydrogen-bond acceptors (Lipinski definition) is 4. The summed E-state index contributed by atoms with van der Waals surface area (Å²) in [4.78, 5) is 12.0. The van der Waals surface area contributed by atoms with Gasteiger partial charge in [-0.2, -0.15) is 0 Å². The minimum Gasteiger partial charge on any atom is -0.369 e. The van der Waals surface area contributed by atoms with Crippen molar-refractivity contribution in [3.63, 3.8) is 0 Å². The molecule has 5 nitrogen and oxygen atoms in total. The fourth-order valence-corrected chi connectivity index (χ4v) is 2.64. The van der Waals surface area contributed by atoms with E-state index in [4.69, 9.17) is 0 Å². The van der Waals surface area contributed by atoms with E-state index < -0.39 is 0 Å². The first kappa shape index (κ1) is 14.8. The Bertz CT molecular complexity index is 432. The molecule has 2 N–H and O–H groups in total. The van der Waals surface area contributed by atoms with Crippen LogP contribution in [0.5, 0.6) is 0 Å². The molecule has 0 aliphatic heterocycles. The van der Waals surface area contributed by atoms with Crippen LogP contribution in [0.4, 0.5) is 5.82 Å². The second-order valence-electron chi connectivity index (χ2n) is 5.72. The van der Waals surface area contributed by atoms with Crippen LogP contribution in [-0.4, -0.2) is 29.2 Å². The summed E-state index contributed by atoms with van der Waals surface area (Å²) in [5, 5.41) is 14.1. The van der Waals surface area contributed by atoms with Crippen LogP contribution in [-0.2, 0) is 0 Å². The van der Waals surface area contributed by atoms with Crippen LogP contribution >= 0.6 is 0 Å². The lowest BCUT2D eigenvalue weighted by molar-refractivity contribution is 0.0941. The molecular formula is C15H24N4O. The first-order valence-electron chi connectivity index (χ1n) is 7.54. The van der Waals surface area contributed by atoms with Crippen molar-refractivity contribution in [1.29, 1.82) is 0 Å². The zero-order valence-electron chi connectivity index (χ0n) is 12.4. The van der Waals surface area contributed by atoms with Crippen molar-refractivity contribution in [2.24, 2.45) is 11.8 Å². The van der Waals surface area contributed by atoms with Crippen molar-refractivity contribution in [3.05, 3.63) is 17.8 Å². The minimum atomic E-state index is -0.126. The number of nitrogens with one attached hydrogen (secondary N) is 2. The van der Waals surface area contributed by atoms with Gasteiger partial charge in [0.15, 0.2) is 5.69 Å². The summed E-state index contributed by atoms with van der Waals surface area (Å²) < 4.78 is 0. The molecule has 1 fully saturated rings. The second-order valence-corrected chi connectivity index (χ2v) is 5.72. The lowest BCUT2D eigenvalue weighted by Crippen LogP contribution is -2.29. The number of carbonyl (C=O) groups excluding carboxylic acids is 1. The van der Waals surface area contributed by atoms with Gasteiger partial charge in [0, 0.05) is 13.1 Å². The van der Waals surface area contributed by atoms with E-state index in [1.165, 1.54) is 19.3 Å². The normalized spacial score (nSPS) is 21.7. The Kier molecular flexibility index (Phi) is 5.32. The van der Waals surface area contributed by atoms with Crippen LogP contribution in [0.2, 0.25) is 0 Å². The average molecular weight is 276 g/mol. The Morgan fingerprint density at radius 1 is 1.35 bits per heavy atom. The fourth-order valence-electron chi connectivity index (χ4n) is 2.64. The van der Waals surface area contributed by atoms with E-state index in [1.807, 2.05) is 0 Å². The number of rotatable bonds is 6. The van der Waals surface area contributed by atoms with E-state index in [2.05, 4.69) is 34.7 Å². The highest BCUT2D eigenvalue weighted by atomic mass is 16.1. The zero-order chi connectivity index (χ0) is 14.4. The van der Waals surface area contributed by atoms with Gasteiger partial charge in [0.25, 0.3) is 5.91 Å². The van der Waals surface area contributed by atoms with E-state index >= 15 is 0 Å². The number of amides is 1. The molecule has 1 saturated carbocycles. The van der Waals surface area contributed by atoms with Gasteiger partial charge in [-0.25, -0.2) is 0 Å². The van der Waals surface area contributed by atoms with Crippen LogP contribution < -0.4 is 10.6 Å². The first-order valence-corrected chi connectivity index (χ1v) is 7.54. The van der Waals surface area contributed by atoms with Gasteiger partial charge in [-0.15, -0.1) is 10.2 Å². The molecule has 0 bridgehead atoms. The Morgan fingerprint density at radius 3 is 2.80 bits per heavy atom. The molecule has 5 heteroatoms. The third kappa shape index (κ3) is 4.18. The summed E-state index contributed by atoms with van der Waals surface area (Å²) in [7, 11) is 0. The van der Waals surface area contributed by atoms with Gasteiger partial charge in [0.2, 0.25) is 0 Å². The molecular weight excluding hydrogens is 252 g/mol. The highest BCUT2D eigenvalue weighted by molar-refractivity contribution is 5.92. The molecule has 20 heavy (non-hydrogen) atoms. The Balaban J connectivity index is 1.80. The van der Waals surface area contributed by atoms with Gasteiger partial charge < -0.3 is 10.6 Å². The topological polar surface area (TPSA) is 66.9 Å². The molecule has 1 amide bonds. The van der Waals surface area contributed by atoms with Crippen LogP contribution in [0.15, 0.2) is 12.1 Å². The van der Waals surface area contributed by atoms with Gasteiger partial charge in [-0.3, -0.25) is 4.79 Å². The average Bonchev–Trinajstić information content (AvgIpc) is 2.89. The summed E-state index contributed by atoms with van der Waals surface area (Å²) >= 11 is 0. The maximum atomic E-state index is 12.0. The molecule has 0 spiro atoms. The van der Waals surface area contributed by atoms with Crippen LogP contribution in [0.1, 0.15) is 50.0 Å². The Hall–Kier alpha value is -1.65. The Morgan fingerprint density at radius 2 is 2.20 bits per heavy atom. The third-order valence-corrected chi connectivity index (χ3v) is 3.81. The molecule has 0 radical (unpaired) electrons. The van der Waals surface area contributed by atoms with Crippen molar-refractivity contribution < 1.29 is 4.79 Å². The molecule has 1 aliphatic rings. The smallest absolute Gasteiger partial charge is 0.271 e. The predicted molar refractivity (Wildman–Crippen MR) is 79.7 cm³/mol. The first-order chi connectivity index (χ1) is 9.69. The van der Waals surface area contributed by atoms with Crippen LogP contribution in [0, 0.1) is 11.8 Å². The predicted octanol–water partition coefficient (Wildman–Crippen LogP) is 2.46. The van der Waals surface area contributed by atoms with Crippen molar-refractivity contribution in [1.82, 2.24) is 15.5 Å².